The van der Waals surface area contributed by atoms with Crippen LogP contribution in [0.1, 0.15) is 32.9 Å². The summed E-state index contributed by atoms with van der Waals surface area (Å²) >= 11 is 0. The number of ether oxygens (including phenoxy) is 1. The average Bonchev–Trinajstić information content (AvgIpc) is 3.51. The highest BCUT2D eigenvalue weighted by Gasteiger charge is 2.35. The molecule has 10 nitrogen and oxygen atoms in total. The molecule has 0 saturated carbocycles. The van der Waals surface area contributed by atoms with E-state index in [0.717, 1.165) is 4.90 Å². The van der Waals surface area contributed by atoms with E-state index in [1.54, 1.807) is 26.0 Å². The number of hydrogen-bond donors (Lipinski definition) is 4. The molecule has 1 aromatic carbocycles. The van der Waals surface area contributed by atoms with Gasteiger partial charge in [-0.25, -0.2) is 9.18 Å². The number of aromatic amines is 1. The molecule has 3 amide bonds. The fourth-order valence-corrected chi connectivity index (χ4v) is 4.40. The Balaban J connectivity index is 1.51. The summed E-state index contributed by atoms with van der Waals surface area (Å²) in [5.41, 5.74) is 3.11. The molecule has 3 heterocycles. The van der Waals surface area contributed by atoms with Gasteiger partial charge in [0.15, 0.2) is 6.10 Å². The quantitative estimate of drug-likeness (QED) is 0.341. The lowest BCUT2D eigenvalue weighted by atomic mass is 10.0. The van der Waals surface area contributed by atoms with Gasteiger partial charge in [-0.3, -0.25) is 14.4 Å². The normalized spacial score (nSPS) is 18.3. The fraction of sp³-hybridized carbons (Fsp3) is 0.280. The molecule has 0 saturated heterocycles. The van der Waals surface area contributed by atoms with Gasteiger partial charge in [-0.05, 0) is 43.7 Å². The van der Waals surface area contributed by atoms with Gasteiger partial charge >= 0.3 is 5.97 Å². The molecule has 2 aromatic rings. The fourth-order valence-electron chi connectivity index (χ4n) is 4.40. The Labute approximate surface area is 205 Å². The molecule has 2 aliphatic rings. The van der Waals surface area contributed by atoms with E-state index < -0.39 is 35.7 Å². The maximum Gasteiger partial charge on any atom is 0.330 e. The first kappa shape index (κ1) is 24.9. The Morgan fingerprint density at radius 1 is 1.33 bits per heavy atom. The standard InChI is InChI=1S/C25H25FN4O6/c1-12-18(10-16-15-9-14(26)6-7-17(15)29-22(16)31)28-13(2)21(12)23(32)27-11-20(36-3)24(33)30-8-4-5-19(30)25(34)35/h4-7,9-10,19-20,28H,8,11H2,1-3H3,(H,27,32)(H,29,31)(H,34,35)/b16-10-. The lowest BCUT2D eigenvalue weighted by Gasteiger charge is -2.26. The number of amides is 3. The molecule has 0 spiro atoms. The van der Waals surface area contributed by atoms with Gasteiger partial charge in [-0.15, -0.1) is 0 Å². The van der Waals surface area contributed by atoms with Gasteiger partial charge in [0.2, 0.25) is 0 Å². The van der Waals surface area contributed by atoms with Crippen LogP contribution in [0.2, 0.25) is 0 Å². The van der Waals surface area contributed by atoms with Crippen molar-refractivity contribution in [1.82, 2.24) is 15.2 Å². The number of fused-ring (bicyclic) bond motifs is 1. The zero-order valence-corrected chi connectivity index (χ0v) is 19.8. The largest absolute Gasteiger partial charge is 0.479 e. The number of methoxy groups -OCH3 is 1. The van der Waals surface area contributed by atoms with Gasteiger partial charge in [-0.2, -0.15) is 0 Å². The van der Waals surface area contributed by atoms with Crippen molar-refractivity contribution >= 4 is 41.0 Å². The first-order valence-electron chi connectivity index (χ1n) is 11.2. The molecule has 36 heavy (non-hydrogen) atoms. The molecule has 0 fully saturated rings. The second-order valence-corrected chi connectivity index (χ2v) is 8.50. The van der Waals surface area contributed by atoms with Crippen molar-refractivity contribution in [2.45, 2.75) is 26.0 Å². The highest BCUT2D eigenvalue weighted by atomic mass is 19.1. The third kappa shape index (κ3) is 4.52. The number of aryl methyl sites for hydroxylation is 1. The minimum absolute atomic E-state index is 0.137. The van der Waals surface area contributed by atoms with Crippen LogP contribution in [0.4, 0.5) is 10.1 Å². The van der Waals surface area contributed by atoms with Crippen LogP contribution in [0.15, 0.2) is 30.4 Å². The van der Waals surface area contributed by atoms with Crippen molar-refractivity contribution in [2.24, 2.45) is 0 Å². The minimum atomic E-state index is -1.16. The molecule has 0 aliphatic carbocycles. The third-order valence-corrected chi connectivity index (χ3v) is 6.26. The number of carbonyl (C=O) groups is 4. The number of H-pyrrole nitrogens is 1. The maximum absolute atomic E-state index is 13.8. The van der Waals surface area contributed by atoms with Gasteiger partial charge in [-0.1, -0.05) is 12.2 Å². The van der Waals surface area contributed by atoms with E-state index in [4.69, 9.17) is 4.74 Å². The number of aliphatic carboxylic acids is 1. The topological polar surface area (TPSA) is 141 Å². The van der Waals surface area contributed by atoms with E-state index >= 15 is 0 Å². The Morgan fingerprint density at radius 3 is 2.78 bits per heavy atom. The molecule has 2 unspecified atom stereocenters. The second-order valence-electron chi connectivity index (χ2n) is 8.50. The molecule has 2 aliphatic heterocycles. The van der Waals surface area contributed by atoms with Gasteiger partial charge < -0.3 is 30.4 Å². The summed E-state index contributed by atoms with van der Waals surface area (Å²) in [6.45, 7) is 3.36. The zero-order chi connectivity index (χ0) is 26.1. The third-order valence-electron chi connectivity index (χ3n) is 6.26. The summed E-state index contributed by atoms with van der Waals surface area (Å²) in [6, 6.07) is 2.93. The number of nitrogens with zero attached hydrogens (tertiary/aromatic N) is 1. The smallest absolute Gasteiger partial charge is 0.330 e. The molecule has 4 N–H and O–H groups in total. The molecule has 4 rings (SSSR count). The number of carboxylic acid groups (broad SMARTS) is 1. The van der Waals surface area contributed by atoms with Crippen LogP contribution in [0.5, 0.6) is 0 Å². The van der Waals surface area contributed by atoms with E-state index in [9.17, 15) is 28.7 Å². The highest BCUT2D eigenvalue weighted by molar-refractivity contribution is 6.34. The van der Waals surface area contributed by atoms with Crippen LogP contribution >= 0.6 is 0 Å². The maximum atomic E-state index is 13.8. The van der Waals surface area contributed by atoms with Crippen LogP contribution in [0, 0.1) is 19.7 Å². The number of nitrogens with one attached hydrogen (secondary N) is 3. The predicted octanol–water partition coefficient (Wildman–Crippen LogP) is 1.86. The lowest BCUT2D eigenvalue weighted by molar-refractivity contribution is -0.151. The van der Waals surface area contributed by atoms with E-state index in [1.165, 1.54) is 31.4 Å². The summed E-state index contributed by atoms with van der Waals surface area (Å²) in [7, 11) is 1.30. The van der Waals surface area contributed by atoms with Gasteiger partial charge in [0.05, 0.1) is 17.7 Å². The van der Waals surface area contributed by atoms with Crippen molar-refractivity contribution in [3.8, 4) is 0 Å². The van der Waals surface area contributed by atoms with Gasteiger partial charge in [0.1, 0.15) is 11.9 Å². The lowest BCUT2D eigenvalue weighted by Crippen LogP contribution is -2.50. The number of anilines is 1. The number of aromatic nitrogens is 1. The van der Waals surface area contributed by atoms with Crippen molar-refractivity contribution < 1.29 is 33.4 Å². The van der Waals surface area contributed by atoms with E-state index in [1.807, 2.05) is 0 Å². The Hall–Kier alpha value is -4.25. The van der Waals surface area contributed by atoms with Crippen molar-refractivity contribution in [3.63, 3.8) is 0 Å². The summed E-state index contributed by atoms with van der Waals surface area (Å²) in [5, 5.41) is 14.6. The molecule has 2 atom stereocenters. The average molecular weight is 496 g/mol. The summed E-state index contributed by atoms with van der Waals surface area (Å²) in [5.74, 6) is -3.04. The number of carboxylic acids is 1. The van der Waals surface area contributed by atoms with Crippen LogP contribution in [0.3, 0.4) is 0 Å². The Morgan fingerprint density at radius 2 is 2.08 bits per heavy atom. The van der Waals surface area contributed by atoms with E-state index in [2.05, 4.69) is 15.6 Å². The number of benzene rings is 1. The van der Waals surface area contributed by atoms with Gasteiger partial charge in [0.25, 0.3) is 17.7 Å². The van der Waals surface area contributed by atoms with E-state index in [0.29, 0.717) is 33.8 Å². The van der Waals surface area contributed by atoms with Crippen LogP contribution in [-0.4, -0.2) is 71.0 Å². The Kier molecular flexibility index (Phi) is 6.75. The predicted molar refractivity (Wildman–Crippen MR) is 129 cm³/mol. The molecule has 0 bridgehead atoms. The first-order valence-corrected chi connectivity index (χ1v) is 11.2. The number of halogens is 1. The SMILES string of the molecule is COC(CNC(=O)c1c(C)[nH]c(/C=C2\C(=O)Nc3ccc(F)cc32)c1C)C(=O)N1CC=CC1C(=O)O. The highest BCUT2D eigenvalue weighted by Crippen LogP contribution is 2.34. The summed E-state index contributed by atoms with van der Waals surface area (Å²) in [4.78, 5) is 53.9. The molecular formula is C25H25FN4O6. The zero-order valence-electron chi connectivity index (χ0n) is 19.8. The molecular weight excluding hydrogens is 471 g/mol. The molecule has 1 aromatic heterocycles. The minimum Gasteiger partial charge on any atom is -0.479 e. The van der Waals surface area contributed by atoms with Crippen molar-refractivity contribution in [1.29, 1.82) is 0 Å². The molecule has 0 radical (unpaired) electrons. The Bertz CT molecular complexity index is 1330. The number of carbonyl (C=O) groups excluding carboxylic acids is 3. The first-order chi connectivity index (χ1) is 17.1. The van der Waals surface area contributed by atoms with Crippen LogP contribution in [-0.2, 0) is 19.1 Å². The summed E-state index contributed by atoms with van der Waals surface area (Å²) in [6.07, 6.45) is 3.49. The molecule has 188 valence electrons. The monoisotopic (exact) mass is 496 g/mol. The van der Waals surface area contributed by atoms with E-state index in [-0.39, 0.29) is 24.6 Å². The molecule has 11 heteroatoms. The van der Waals surface area contributed by atoms with Gasteiger partial charge in [0, 0.05) is 36.3 Å². The van der Waals surface area contributed by atoms with Crippen molar-refractivity contribution in [2.75, 3.05) is 25.5 Å². The number of hydrogen-bond acceptors (Lipinski definition) is 5. The summed E-state index contributed by atoms with van der Waals surface area (Å²) < 4.78 is 19.0. The van der Waals surface area contributed by atoms with Crippen LogP contribution < -0.4 is 10.6 Å². The number of rotatable bonds is 7. The van der Waals surface area contributed by atoms with Crippen molar-refractivity contribution in [3.05, 3.63) is 64.2 Å². The van der Waals surface area contributed by atoms with Crippen LogP contribution in [0.25, 0.3) is 11.6 Å². The second kappa shape index (κ2) is 9.78.